The van der Waals surface area contributed by atoms with Gasteiger partial charge in [-0.2, -0.15) is 0 Å². The second kappa shape index (κ2) is 7.63. The Labute approximate surface area is 175 Å². The van der Waals surface area contributed by atoms with Crippen molar-refractivity contribution in [3.63, 3.8) is 0 Å². The third kappa shape index (κ3) is 3.49. The number of rotatable bonds is 4. The van der Waals surface area contributed by atoms with Crippen LogP contribution in [0.25, 0.3) is 16.9 Å². The lowest BCUT2D eigenvalue weighted by Crippen LogP contribution is -2.33. The Hall–Kier alpha value is -3.09. The third-order valence-corrected chi connectivity index (χ3v) is 5.75. The van der Waals surface area contributed by atoms with Crippen LogP contribution in [0.1, 0.15) is 55.6 Å². The van der Waals surface area contributed by atoms with Crippen molar-refractivity contribution in [3.05, 3.63) is 57.7 Å². The summed E-state index contributed by atoms with van der Waals surface area (Å²) in [6, 6.07) is 2.13. The number of hydrogen-bond donors (Lipinski definition) is 0. The van der Waals surface area contributed by atoms with Crippen LogP contribution in [0.2, 0.25) is 0 Å². The minimum Gasteiger partial charge on any atom is -0.466 e. The van der Waals surface area contributed by atoms with Crippen LogP contribution < -0.4 is 5.56 Å². The zero-order valence-corrected chi connectivity index (χ0v) is 18.2. The summed E-state index contributed by atoms with van der Waals surface area (Å²) in [5.41, 5.74) is 3.07. The highest BCUT2D eigenvalue weighted by Gasteiger charge is 2.28. The molecule has 158 valence electrons. The lowest BCUT2D eigenvalue weighted by atomic mass is 10.1. The van der Waals surface area contributed by atoms with Crippen LogP contribution >= 0.6 is 0 Å². The maximum atomic E-state index is 13.4. The van der Waals surface area contributed by atoms with Gasteiger partial charge in [-0.25, -0.2) is 4.98 Å². The van der Waals surface area contributed by atoms with Gasteiger partial charge in [0.2, 0.25) is 5.65 Å². The van der Waals surface area contributed by atoms with E-state index in [-0.39, 0.29) is 23.2 Å². The highest BCUT2D eigenvalue weighted by atomic mass is 16.3. The number of imidazole rings is 1. The molecule has 1 aliphatic heterocycles. The van der Waals surface area contributed by atoms with E-state index in [1.165, 1.54) is 0 Å². The Balaban J connectivity index is 1.88. The maximum absolute atomic E-state index is 13.4. The summed E-state index contributed by atoms with van der Waals surface area (Å²) in [7, 11) is 0. The van der Waals surface area contributed by atoms with Crippen molar-refractivity contribution in [1.29, 1.82) is 0 Å². The van der Waals surface area contributed by atoms with Gasteiger partial charge in [-0.05, 0) is 53.5 Å². The molecule has 0 saturated carbocycles. The van der Waals surface area contributed by atoms with Gasteiger partial charge in [0, 0.05) is 37.1 Å². The smallest absolute Gasteiger partial charge is 0.295 e. The van der Waals surface area contributed by atoms with Gasteiger partial charge in [-0.3, -0.25) is 18.6 Å². The van der Waals surface area contributed by atoms with Crippen LogP contribution in [0, 0.1) is 13.8 Å². The van der Waals surface area contributed by atoms with E-state index in [0.717, 1.165) is 47.7 Å². The third-order valence-electron chi connectivity index (χ3n) is 5.75. The van der Waals surface area contributed by atoms with Gasteiger partial charge >= 0.3 is 0 Å². The predicted molar refractivity (Wildman–Crippen MR) is 116 cm³/mol. The lowest BCUT2D eigenvalue weighted by molar-refractivity contribution is 0.0742. The molecule has 30 heavy (non-hydrogen) atoms. The summed E-state index contributed by atoms with van der Waals surface area (Å²) in [5.74, 6) is 1.42. The molecule has 4 rings (SSSR count). The van der Waals surface area contributed by atoms with Crippen molar-refractivity contribution in [2.24, 2.45) is 0 Å². The molecule has 0 N–H and O–H groups in total. The van der Waals surface area contributed by atoms with Gasteiger partial charge in [0.1, 0.15) is 17.2 Å². The number of carbonyl (C=O) groups excluding carboxylic acids is 1. The Kier molecular flexibility index (Phi) is 5.13. The Morgan fingerprint density at radius 1 is 1.30 bits per heavy atom. The molecule has 1 amide bonds. The standard InChI is InChI=1S/C23H28N4O3/c1-14(2)8-10-27-20(18-11-16(4)30-17(18)5)13-25-12-19(24-21(25)23(27)29)22(28)26-9-6-7-15(26)3/h8,11-13,15H,6-7,9-10H2,1-5H3. The van der Waals surface area contributed by atoms with Crippen LogP contribution in [0.4, 0.5) is 0 Å². The molecule has 1 unspecified atom stereocenters. The van der Waals surface area contributed by atoms with Gasteiger partial charge in [-0.15, -0.1) is 0 Å². The first-order chi connectivity index (χ1) is 14.3. The summed E-state index contributed by atoms with van der Waals surface area (Å²) in [6.45, 7) is 11.0. The van der Waals surface area contributed by atoms with Gasteiger partial charge in [0.25, 0.3) is 11.5 Å². The summed E-state index contributed by atoms with van der Waals surface area (Å²) in [4.78, 5) is 32.6. The zero-order chi connectivity index (χ0) is 21.6. The van der Waals surface area contributed by atoms with Gasteiger partial charge in [0.05, 0.1) is 5.69 Å². The number of fused-ring (bicyclic) bond motifs is 1. The van der Waals surface area contributed by atoms with Gasteiger partial charge < -0.3 is 9.32 Å². The van der Waals surface area contributed by atoms with E-state index in [1.807, 2.05) is 50.9 Å². The Bertz CT molecular complexity index is 1210. The second-order valence-corrected chi connectivity index (χ2v) is 8.39. The van der Waals surface area contributed by atoms with E-state index in [4.69, 9.17) is 4.42 Å². The Morgan fingerprint density at radius 2 is 2.07 bits per heavy atom. The van der Waals surface area contributed by atoms with Gasteiger partial charge in [-0.1, -0.05) is 11.6 Å². The van der Waals surface area contributed by atoms with Crippen molar-refractivity contribution in [1.82, 2.24) is 18.9 Å². The number of likely N-dealkylation sites (tertiary alicyclic amines) is 1. The number of nitrogens with zero attached hydrogens (tertiary/aromatic N) is 4. The summed E-state index contributed by atoms with van der Waals surface area (Å²) < 4.78 is 9.07. The summed E-state index contributed by atoms with van der Waals surface area (Å²) in [5, 5.41) is 0. The van der Waals surface area contributed by atoms with Gasteiger partial charge in [0.15, 0.2) is 0 Å². The topological polar surface area (TPSA) is 72.8 Å². The first-order valence-electron chi connectivity index (χ1n) is 10.4. The van der Waals surface area contributed by atoms with E-state index in [1.54, 1.807) is 15.2 Å². The van der Waals surface area contributed by atoms with Crippen LogP contribution in [0.15, 0.2) is 39.3 Å². The maximum Gasteiger partial charge on any atom is 0.295 e. The Morgan fingerprint density at radius 3 is 2.67 bits per heavy atom. The molecule has 1 fully saturated rings. The zero-order valence-electron chi connectivity index (χ0n) is 18.2. The van der Waals surface area contributed by atoms with Crippen molar-refractivity contribution in [3.8, 4) is 11.3 Å². The van der Waals surface area contributed by atoms with Crippen molar-refractivity contribution >= 4 is 11.6 Å². The first-order valence-corrected chi connectivity index (χ1v) is 10.4. The fourth-order valence-electron chi connectivity index (χ4n) is 4.12. The second-order valence-electron chi connectivity index (χ2n) is 8.39. The molecule has 0 radical (unpaired) electrons. The molecule has 0 aromatic carbocycles. The molecule has 0 bridgehead atoms. The highest BCUT2D eigenvalue weighted by molar-refractivity contribution is 5.93. The summed E-state index contributed by atoms with van der Waals surface area (Å²) >= 11 is 0. The molecule has 3 aromatic rings. The van der Waals surface area contributed by atoms with Crippen molar-refractivity contribution in [2.75, 3.05) is 6.54 Å². The average Bonchev–Trinajstić information content (AvgIpc) is 3.38. The summed E-state index contributed by atoms with van der Waals surface area (Å²) in [6.07, 6.45) is 7.53. The molecule has 3 aromatic heterocycles. The highest BCUT2D eigenvalue weighted by Crippen LogP contribution is 2.27. The van der Waals surface area contributed by atoms with Crippen LogP contribution in [-0.2, 0) is 6.54 Å². The van der Waals surface area contributed by atoms with Crippen molar-refractivity contribution < 1.29 is 9.21 Å². The van der Waals surface area contributed by atoms with Crippen LogP contribution in [0.3, 0.4) is 0 Å². The largest absolute Gasteiger partial charge is 0.466 e. The molecule has 1 aliphatic rings. The van der Waals surface area contributed by atoms with E-state index in [2.05, 4.69) is 11.9 Å². The first kappa shape index (κ1) is 20.2. The molecule has 0 aliphatic carbocycles. The minimum absolute atomic E-state index is 0.115. The van der Waals surface area contributed by atoms with E-state index < -0.39 is 0 Å². The molecule has 1 atom stereocenters. The molecule has 7 heteroatoms. The average molecular weight is 409 g/mol. The lowest BCUT2D eigenvalue weighted by Gasteiger charge is -2.19. The number of amides is 1. The normalized spacial score (nSPS) is 16.4. The van der Waals surface area contributed by atoms with E-state index in [0.29, 0.717) is 12.2 Å². The fourth-order valence-corrected chi connectivity index (χ4v) is 4.12. The number of allylic oxidation sites excluding steroid dienone is 2. The van der Waals surface area contributed by atoms with Crippen LogP contribution in [-0.4, -0.2) is 37.3 Å². The molecule has 7 nitrogen and oxygen atoms in total. The number of furan rings is 1. The SMILES string of the molecule is CC(C)=CCn1c(-c2cc(C)oc2C)cn2cc(C(=O)N3CCCC3C)nc2c1=O. The predicted octanol–water partition coefficient (Wildman–Crippen LogP) is 3.96. The molecular weight excluding hydrogens is 380 g/mol. The monoisotopic (exact) mass is 408 g/mol. The fraction of sp³-hybridized carbons (Fsp3) is 0.435. The number of carbonyl (C=O) groups is 1. The molecular formula is C23H28N4O3. The van der Waals surface area contributed by atoms with Crippen molar-refractivity contribution in [2.45, 2.75) is 60.0 Å². The number of aryl methyl sites for hydroxylation is 2. The van der Waals surface area contributed by atoms with E-state index >= 15 is 0 Å². The van der Waals surface area contributed by atoms with E-state index in [9.17, 15) is 9.59 Å². The molecule has 4 heterocycles. The quantitative estimate of drug-likeness (QED) is 0.613. The number of hydrogen-bond acceptors (Lipinski definition) is 4. The number of aromatic nitrogens is 3. The molecule has 0 spiro atoms. The van der Waals surface area contributed by atoms with Crippen LogP contribution in [0.5, 0.6) is 0 Å². The molecule has 1 saturated heterocycles. The minimum atomic E-state index is -0.225.